The lowest BCUT2D eigenvalue weighted by Gasteiger charge is -2.35. The molecule has 1 aromatic rings. The number of nitrogens with zero attached hydrogens (tertiary/aromatic N) is 2. The van der Waals surface area contributed by atoms with Crippen molar-refractivity contribution in [1.82, 2.24) is 14.5 Å². The highest BCUT2D eigenvalue weighted by Crippen LogP contribution is 2.15. The first kappa shape index (κ1) is 20.3. The van der Waals surface area contributed by atoms with Gasteiger partial charge in [-0.3, -0.25) is 9.69 Å². The number of piperazine rings is 1. The minimum absolute atomic E-state index is 0.00151. The molecule has 0 bridgehead atoms. The number of hydrogen-bond acceptors (Lipinski definition) is 5. The van der Waals surface area contributed by atoms with Gasteiger partial charge in [0.15, 0.2) is 0 Å². The lowest BCUT2D eigenvalue weighted by molar-refractivity contribution is -0.132. The van der Waals surface area contributed by atoms with Crippen LogP contribution in [0.3, 0.4) is 0 Å². The van der Waals surface area contributed by atoms with Gasteiger partial charge < -0.3 is 9.64 Å². The van der Waals surface area contributed by atoms with Crippen molar-refractivity contribution in [3.05, 3.63) is 29.8 Å². The molecule has 0 aromatic heterocycles. The summed E-state index contributed by atoms with van der Waals surface area (Å²) in [4.78, 5) is 16.8. The minimum atomic E-state index is -3.57. The lowest BCUT2D eigenvalue weighted by atomic mass is 10.2. The summed E-state index contributed by atoms with van der Waals surface area (Å²) < 4.78 is 32.7. The van der Waals surface area contributed by atoms with E-state index in [0.717, 1.165) is 44.6 Å². The average molecular weight is 396 g/mol. The quantitative estimate of drug-likeness (QED) is 0.745. The Balaban J connectivity index is 1.39. The lowest BCUT2D eigenvalue weighted by Crippen LogP contribution is -2.50. The second-order valence-corrected chi connectivity index (χ2v) is 9.04. The van der Waals surface area contributed by atoms with E-state index in [1.165, 1.54) is 0 Å². The van der Waals surface area contributed by atoms with E-state index >= 15 is 0 Å². The Kier molecular flexibility index (Phi) is 6.86. The van der Waals surface area contributed by atoms with Crippen molar-refractivity contribution < 1.29 is 17.9 Å². The van der Waals surface area contributed by atoms with E-state index < -0.39 is 10.0 Å². The van der Waals surface area contributed by atoms with Crippen molar-refractivity contribution in [2.45, 2.75) is 37.2 Å². The number of amides is 1. The van der Waals surface area contributed by atoms with Crippen LogP contribution in [0.4, 0.5) is 0 Å². The molecular weight excluding hydrogens is 366 g/mol. The molecule has 0 radical (unpaired) electrons. The van der Waals surface area contributed by atoms with E-state index in [4.69, 9.17) is 4.74 Å². The van der Waals surface area contributed by atoms with Crippen LogP contribution in [0.25, 0.3) is 0 Å². The maximum absolute atomic E-state index is 12.4. The molecule has 150 valence electrons. The fourth-order valence-corrected chi connectivity index (χ4v) is 4.54. The van der Waals surface area contributed by atoms with Gasteiger partial charge in [0.2, 0.25) is 15.9 Å². The first-order valence-electron chi connectivity index (χ1n) is 9.62. The molecule has 0 saturated carbocycles. The molecule has 1 N–H and O–H groups in total. The Morgan fingerprint density at radius 2 is 1.89 bits per heavy atom. The minimum Gasteiger partial charge on any atom is -0.377 e. The summed E-state index contributed by atoms with van der Waals surface area (Å²) in [6.07, 6.45) is 2.78. The highest BCUT2D eigenvalue weighted by molar-refractivity contribution is 7.89. The van der Waals surface area contributed by atoms with Crippen molar-refractivity contribution in [2.75, 3.05) is 45.9 Å². The number of sulfonamides is 1. The van der Waals surface area contributed by atoms with Crippen molar-refractivity contribution in [3.63, 3.8) is 0 Å². The standard InChI is InChI=1S/C19H29N3O4S/c1-16-4-6-18(7-5-16)27(24,25)20-9-8-19(23)22-12-10-21(11-13-22)15-17-3-2-14-26-17/h4-7,17,20H,2-3,8-15H2,1H3/t17-/m1/s1. The Morgan fingerprint density at radius 1 is 1.19 bits per heavy atom. The zero-order chi connectivity index (χ0) is 19.3. The third-order valence-electron chi connectivity index (χ3n) is 5.17. The summed E-state index contributed by atoms with van der Waals surface area (Å²) in [7, 11) is -3.57. The third kappa shape index (κ3) is 5.75. The number of rotatable bonds is 7. The molecule has 8 heteroatoms. The normalized spacial score (nSPS) is 21.5. The molecule has 0 aliphatic carbocycles. The van der Waals surface area contributed by atoms with Crippen molar-refractivity contribution in [1.29, 1.82) is 0 Å². The molecule has 3 rings (SSSR count). The molecule has 1 amide bonds. The average Bonchev–Trinajstić information content (AvgIpc) is 3.15. The number of ether oxygens (including phenoxy) is 1. The largest absolute Gasteiger partial charge is 0.377 e. The maximum atomic E-state index is 12.4. The number of hydrogen-bond donors (Lipinski definition) is 1. The molecule has 27 heavy (non-hydrogen) atoms. The van der Waals surface area contributed by atoms with E-state index in [1.807, 2.05) is 11.8 Å². The summed E-state index contributed by atoms with van der Waals surface area (Å²) in [6, 6.07) is 6.67. The third-order valence-corrected chi connectivity index (χ3v) is 6.65. The molecule has 2 heterocycles. The van der Waals surface area contributed by atoms with Gasteiger partial charge in [0.1, 0.15) is 0 Å². The predicted octanol–water partition coefficient (Wildman–Crippen LogP) is 0.987. The fraction of sp³-hybridized carbons (Fsp3) is 0.632. The van der Waals surface area contributed by atoms with Gasteiger partial charge in [-0.25, -0.2) is 13.1 Å². The van der Waals surface area contributed by atoms with Gasteiger partial charge >= 0.3 is 0 Å². The fourth-order valence-electron chi connectivity index (χ4n) is 3.51. The van der Waals surface area contributed by atoms with Crippen molar-refractivity contribution in [3.8, 4) is 0 Å². The monoisotopic (exact) mass is 395 g/mol. The van der Waals surface area contributed by atoms with Crippen LogP contribution in [0.2, 0.25) is 0 Å². The zero-order valence-electron chi connectivity index (χ0n) is 15.9. The summed E-state index contributed by atoms with van der Waals surface area (Å²) >= 11 is 0. The molecule has 2 fully saturated rings. The summed E-state index contributed by atoms with van der Waals surface area (Å²) in [5.74, 6) is -0.00151. The van der Waals surface area contributed by atoms with Crippen LogP contribution in [0.1, 0.15) is 24.8 Å². The molecular formula is C19H29N3O4S. The molecule has 7 nitrogen and oxygen atoms in total. The Hall–Kier alpha value is -1.48. The van der Waals surface area contributed by atoms with Gasteiger partial charge in [0.05, 0.1) is 11.0 Å². The number of benzene rings is 1. The van der Waals surface area contributed by atoms with Crippen LogP contribution in [0.5, 0.6) is 0 Å². The smallest absolute Gasteiger partial charge is 0.240 e. The van der Waals surface area contributed by atoms with Crippen LogP contribution in [0.15, 0.2) is 29.2 Å². The Morgan fingerprint density at radius 3 is 2.52 bits per heavy atom. The second-order valence-electron chi connectivity index (χ2n) is 7.28. The highest BCUT2D eigenvalue weighted by Gasteiger charge is 2.25. The molecule has 1 aromatic carbocycles. The summed E-state index contributed by atoms with van der Waals surface area (Å²) in [5.41, 5.74) is 1.00. The molecule has 0 unspecified atom stereocenters. The maximum Gasteiger partial charge on any atom is 0.240 e. The summed E-state index contributed by atoms with van der Waals surface area (Å²) in [5, 5.41) is 0. The highest BCUT2D eigenvalue weighted by atomic mass is 32.2. The Labute approximate surface area is 161 Å². The van der Waals surface area contributed by atoms with Crippen molar-refractivity contribution in [2.24, 2.45) is 0 Å². The van der Waals surface area contributed by atoms with Crippen LogP contribution in [-0.2, 0) is 19.6 Å². The molecule has 2 saturated heterocycles. The van der Waals surface area contributed by atoms with Gasteiger partial charge in [0.25, 0.3) is 0 Å². The zero-order valence-corrected chi connectivity index (χ0v) is 16.7. The number of nitrogens with one attached hydrogen (secondary N) is 1. The van der Waals surface area contributed by atoms with Gasteiger partial charge in [-0.15, -0.1) is 0 Å². The van der Waals surface area contributed by atoms with E-state index in [-0.39, 0.29) is 23.8 Å². The van der Waals surface area contributed by atoms with Gasteiger partial charge in [-0.05, 0) is 31.9 Å². The van der Waals surface area contributed by atoms with Gasteiger partial charge in [-0.2, -0.15) is 0 Å². The van der Waals surface area contributed by atoms with Crippen molar-refractivity contribution >= 4 is 15.9 Å². The first-order chi connectivity index (χ1) is 12.9. The van der Waals surface area contributed by atoms with E-state index in [0.29, 0.717) is 19.2 Å². The van der Waals surface area contributed by atoms with Crippen LogP contribution in [0, 0.1) is 6.92 Å². The molecule has 0 spiro atoms. The topological polar surface area (TPSA) is 79.0 Å². The molecule has 1 atom stereocenters. The number of carbonyl (C=O) groups excluding carboxylic acids is 1. The Bertz CT molecular complexity index is 722. The van der Waals surface area contributed by atoms with E-state index in [1.54, 1.807) is 24.3 Å². The SMILES string of the molecule is Cc1ccc(S(=O)(=O)NCCC(=O)N2CCN(C[C@H]3CCCO3)CC2)cc1. The van der Waals surface area contributed by atoms with Crippen LogP contribution >= 0.6 is 0 Å². The van der Waals surface area contributed by atoms with Crippen LogP contribution in [-0.4, -0.2) is 76.1 Å². The molecule has 2 aliphatic heterocycles. The van der Waals surface area contributed by atoms with Gasteiger partial charge in [0, 0.05) is 52.3 Å². The second kappa shape index (κ2) is 9.14. The van der Waals surface area contributed by atoms with Crippen LogP contribution < -0.4 is 4.72 Å². The number of carbonyl (C=O) groups is 1. The van der Waals surface area contributed by atoms with E-state index in [9.17, 15) is 13.2 Å². The number of aryl methyl sites for hydroxylation is 1. The summed E-state index contributed by atoms with van der Waals surface area (Å²) in [6.45, 7) is 6.90. The first-order valence-corrected chi connectivity index (χ1v) is 11.1. The predicted molar refractivity (Wildman–Crippen MR) is 103 cm³/mol. The van der Waals surface area contributed by atoms with Gasteiger partial charge in [-0.1, -0.05) is 17.7 Å². The van der Waals surface area contributed by atoms with E-state index in [2.05, 4.69) is 9.62 Å². The molecule has 2 aliphatic rings.